The maximum atomic E-state index is 12.5. The smallest absolute Gasteiger partial charge is 0.318 e. The van der Waals surface area contributed by atoms with Gasteiger partial charge in [0.15, 0.2) is 0 Å². The van der Waals surface area contributed by atoms with Gasteiger partial charge in [-0.1, -0.05) is 13.0 Å². The van der Waals surface area contributed by atoms with Gasteiger partial charge in [-0.15, -0.1) is 0 Å². The van der Waals surface area contributed by atoms with E-state index in [1.807, 2.05) is 36.3 Å². The summed E-state index contributed by atoms with van der Waals surface area (Å²) in [5.41, 5.74) is 3.19. The Labute approximate surface area is 136 Å². The van der Waals surface area contributed by atoms with Crippen LogP contribution in [0.2, 0.25) is 0 Å². The first-order chi connectivity index (χ1) is 10.6. The number of pyridine rings is 1. The number of aryl methyl sites for hydroxylation is 1. The number of carbonyl (C=O) groups excluding carboxylic acids is 1. The Bertz CT molecular complexity index is 598. The lowest BCUT2D eigenvalue weighted by Gasteiger charge is -2.25. The highest BCUT2D eigenvalue weighted by Crippen LogP contribution is 2.15. The van der Waals surface area contributed by atoms with Crippen LogP contribution in [0.4, 0.5) is 4.79 Å². The minimum Gasteiger partial charge on any atom is -0.330 e. The number of nitrogens with one attached hydrogen (secondary N) is 1. The van der Waals surface area contributed by atoms with Crippen molar-refractivity contribution in [1.82, 2.24) is 15.2 Å². The molecule has 0 aliphatic rings. The summed E-state index contributed by atoms with van der Waals surface area (Å²) in [4.78, 5) is 18.8. The predicted molar refractivity (Wildman–Crippen MR) is 90.9 cm³/mol. The molecule has 118 valence electrons. The van der Waals surface area contributed by atoms with Crippen LogP contribution in [0.15, 0.2) is 35.2 Å². The minimum absolute atomic E-state index is 0.0365. The van der Waals surface area contributed by atoms with Gasteiger partial charge in [0, 0.05) is 19.3 Å². The van der Waals surface area contributed by atoms with E-state index in [9.17, 15) is 4.79 Å². The lowest BCUT2D eigenvalue weighted by molar-refractivity contribution is 0.191. The molecule has 2 aromatic heterocycles. The van der Waals surface area contributed by atoms with Crippen LogP contribution in [-0.2, 0) is 6.54 Å². The number of urea groups is 1. The molecule has 0 fully saturated rings. The van der Waals surface area contributed by atoms with E-state index < -0.39 is 0 Å². The van der Waals surface area contributed by atoms with Crippen molar-refractivity contribution in [3.8, 4) is 0 Å². The van der Waals surface area contributed by atoms with Crippen LogP contribution in [0.1, 0.15) is 43.1 Å². The number of hydrogen-bond acceptors (Lipinski definition) is 3. The first kappa shape index (κ1) is 16.5. The first-order valence-corrected chi connectivity index (χ1v) is 8.54. The maximum absolute atomic E-state index is 12.5. The van der Waals surface area contributed by atoms with E-state index in [-0.39, 0.29) is 12.1 Å². The molecule has 0 saturated heterocycles. The normalized spacial score (nSPS) is 12.0. The highest BCUT2D eigenvalue weighted by atomic mass is 32.1. The van der Waals surface area contributed by atoms with Crippen molar-refractivity contribution in [3.05, 3.63) is 52.0 Å². The van der Waals surface area contributed by atoms with Gasteiger partial charge in [0.05, 0.1) is 11.7 Å². The van der Waals surface area contributed by atoms with E-state index in [2.05, 4.69) is 28.7 Å². The molecule has 2 amide bonds. The summed E-state index contributed by atoms with van der Waals surface area (Å²) < 4.78 is 0. The lowest BCUT2D eigenvalue weighted by atomic mass is 10.1. The summed E-state index contributed by atoms with van der Waals surface area (Å²) in [6.07, 6.45) is 2.70. The zero-order chi connectivity index (χ0) is 15.9. The zero-order valence-corrected chi connectivity index (χ0v) is 14.2. The Morgan fingerprint density at radius 2 is 2.27 bits per heavy atom. The van der Waals surface area contributed by atoms with E-state index in [1.54, 1.807) is 17.5 Å². The summed E-state index contributed by atoms with van der Waals surface area (Å²) in [6, 6.07) is 5.85. The Morgan fingerprint density at radius 1 is 1.45 bits per heavy atom. The van der Waals surface area contributed by atoms with Gasteiger partial charge in [-0.2, -0.15) is 11.3 Å². The van der Waals surface area contributed by atoms with E-state index in [0.29, 0.717) is 6.54 Å². The number of rotatable bonds is 6. The van der Waals surface area contributed by atoms with Gasteiger partial charge in [0.2, 0.25) is 0 Å². The van der Waals surface area contributed by atoms with Crippen molar-refractivity contribution in [1.29, 1.82) is 0 Å². The molecule has 2 rings (SSSR count). The largest absolute Gasteiger partial charge is 0.330 e. The molecule has 0 spiro atoms. The Kier molecular flexibility index (Phi) is 5.95. The monoisotopic (exact) mass is 317 g/mol. The van der Waals surface area contributed by atoms with E-state index in [4.69, 9.17) is 0 Å². The van der Waals surface area contributed by atoms with E-state index in [0.717, 1.165) is 24.2 Å². The maximum Gasteiger partial charge on any atom is 0.318 e. The summed E-state index contributed by atoms with van der Waals surface area (Å²) in [5, 5.41) is 7.19. The number of carbonyl (C=O) groups is 1. The van der Waals surface area contributed by atoms with E-state index >= 15 is 0 Å². The van der Waals surface area contributed by atoms with Gasteiger partial charge >= 0.3 is 6.03 Å². The molecule has 0 bridgehead atoms. The molecule has 22 heavy (non-hydrogen) atoms. The average Bonchev–Trinajstić information content (AvgIpc) is 3.00. The minimum atomic E-state index is -0.101. The third-order valence-electron chi connectivity index (χ3n) is 3.53. The molecular formula is C17H23N3OS. The Balaban J connectivity index is 2.02. The van der Waals surface area contributed by atoms with Crippen molar-refractivity contribution in [3.63, 3.8) is 0 Å². The van der Waals surface area contributed by atoms with Crippen molar-refractivity contribution in [2.75, 3.05) is 6.54 Å². The SMILES string of the molecule is CCCN(Cc1ccsc1)C(=O)NC(C)c1ncccc1C. The molecule has 0 aliphatic heterocycles. The van der Waals surface area contributed by atoms with Crippen molar-refractivity contribution in [2.24, 2.45) is 0 Å². The molecule has 2 heterocycles. The predicted octanol–water partition coefficient (Wildman–Crippen LogP) is 4.13. The molecule has 1 N–H and O–H groups in total. The Morgan fingerprint density at radius 3 is 2.91 bits per heavy atom. The van der Waals surface area contributed by atoms with Gasteiger partial charge < -0.3 is 10.2 Å². The number of amides is 2. The fourth-order valence-corrected chi connectivity index (χ4v) is 3.08. The number of nitrogens with zero attached hydrogens (tertiary/aromatic N) is 2. The van der Waals surface area contributed by atoms with Gasteiger partial charge in [-0.05, 0) is 54.3 Å². The third kappa shape index (κ3) is 4.31. The van der Waals surface area contributed by atoms with E-state index in [1.165, 1.54) is 5.56 Å². The van der Waals surface area contributed by atoms with Crippen LogP contribution >= 0.6 is 11.3 Å². The standard InChI is InChI=1S/C17H23N3OS/c1-4-9-20(11-15-7-10-22-12-15)17(21)19-14(3)16-13(2)6-5-8-18-16/h5-8,10,12,14H,4,9,11H2,1-3H3,(H,19,21). The highest BCUT2D eigenvalue weighted by Gasteiger charge is 2.18. The number of hydrogen-bond donors (Lipinski definition) is 1. The average molecular weight is 317 g/mol. The van der Waals surface area contributed by atoms with Crippen LogP contribution in [0.3, 0.4) is 0 Å². The second-order valence-corrected chi connectivity index (χ2v) is 6.21. The van der Waals surface area contributed by atoms with Crippen LogP contribution in [-0.4, -0.2) is 22.5 Å². The number of aromatic nitrogens is 1. The van der Waals surface area contributed by atoms with Crippen molar-refractivity contribution >= 4 is 17.4 Å². The van der Waals surface area contributed by atoms with Gasteiger partial charge in [-0.25, -0.2) is 4.79 Å². The third-order valence-corrected chi connectivity index (χ3v) is 4.27. The molecule has 0 aliphatic carbocycles. The quantitative estimate of drug-likeness (QED) is 0.870. The molecule has 4 nitrogen and oxygen atoms in total. The molecule has 5 heteroatoms. The summed E-state index contributed by atoms with van der Waals surface area (Å²) in [6.45, 7) is 7.47. The molecule has 0 radical (unpaired) electrons. The van der Waals surface area contributed by atoms with Gasteiger partial charge in [0.1, 0.15) is 0 Å². The summed E-state index contributed by atoms with van der Waals surface area (Å²) in [5.74, 6) is 0. The zero-order valence-electron chi connectivity index (χ0n) is 13.4. The lowest BCUT2D eigenvalue weighted by Crippen LogP contribution is -2.41. The van der Waals surface area contributed by atoms with Gasteiger partial charge in [-0.3, -0.25) is 4.98 Å². The highest BCUT2D eigenvalue weighted by molar-refractivity contribution is 7.07. The summed E-state index contributed by atoms with van der Waals surface area (Å²) >= 11 is 1.66. The van der Waals surface area contributed by atoms with Crippen molar-refractivity contribution < 1.29 is 4.79 Å². The molecular weight excluding hydrogens is 294 g/mol. The molecule has 0 saturated carbocycles. The second-order valence-electron chi connectivity index (χ2n) is 5.43. The fraction of sp³-hybridized carbons (Fsp3) is 0.412. The topological polar surface area (TPSA) is 45.2 Å². The molecule has 2 aromatic rings. The summed E-state index contributed by atoms with van der Waals surface area (Å²) in [7, 11) is 0. The van der Waals surface area contributed by atoms with Gasteiger partial charge in [0.25, 0.3) is 0 Å². The van der Waals surface area contributed by atoms with Crippen LogP contribution in [0.25, 0.3) is 0 Å². The fourth-order valence-electron chi connectivity index (χ4n) is 2.42. The van der Waals surface area contributed by atoms with Crippen molar-refractivity contribution in [2.45, 2.75) is 39.8 Å². The second kappa shape index (κ2) is 7.94. The number of thiophene rings is 1. The molecule has 0 aromatic carbocycles. The molecule has 1 unspecified atom stereocenters. The van der Waals surface area contributed by atoms with Crippen LogP contribution in [0, 0.1) is 6.92 Å². The van der Waals surface area contributed by atoms with Crippen LogP contribution in [0.5, 0.6) is 0 Å². The van der Waals surface area contributed by atoms with Crippen LogP contribution < -0.4 is 5.32 Å². The molecule has 1 atom stereocenters. The first-order valence-electron chi connectivity index (χ1n) is 7.59. The Hall–Kier alpha value is -1.88.